The summed E-state index contributed by atoms with van der Waals surface area (Å²) >= 11 is 9.50. The van der Waals surface area contributed by atoms with Gasteiger partial charge in [-0.05, 0) is 46.1 Å². The maximum Gasteiger partial charge on any atom is 0.233 e. The fourth-order valence-corrected chi connectivity index (χ4v) is 4.41. The van der Waals surface area contributed by atoms with Gasteiger partial charge in [-0.2, -0.15) is 0 Å². The highest BCUT2D eigenvalue weighted by molar-refractivity contribution is 9.10. The average molecular weight is 450 g/mol. The van der Waals surface area contributed by atoms with Gasteiger partial charge in [0.05, 0.1) is 24.5 Å². The molecule has 0 bridgehead atoms. The Morgan fingerprint density at radius 3 is 2.74 bits per heavy atom. The number of nitrogens with zero attached hydrogens (tertiary/aromatic N) is 4. The average Bonchev–Trinajstić information content (AvgIpc) is 3.20. The van der Waals surface area contributed by atoms with Crippen LogP contribution in [0.5, 0.6) is 0 Å². The zero-order chi connectivity index (χ0) is 19.2. The minimum Gasteiger partial charge on any atom is -0.342 e. The van der Waals surface area contributed by atoms with Gasteiger partial charge in [0.2, 0.25) is 11.8 Å². The number of carbonyl (C=O) groups excluding carboxylic acids is 2. The molecular formula is C19H18BrClN4O2. The Hall–Kier alpha value is -1.99. The zero-order valence-corrected chi connectivity index (χ0v) is 17.1. The van der Waals surface area contributed by atoms with Crippen molar-refractivity contribution in [3.63, 3.8) is 0 Å². The Labute approximate surface area is 170 Å². The van der Waals surface area contributed by atoms with E-state index in [-0.39, 0.29) is 23.7 Å². The van der Waals surface area contributed by atoms with Gasteiger partial charge >= 0.3 is 0 Å². The van der Waals surface area contributed by atoms with Crippen LogP contribution in [0.25, 0.3) is 0 Å². The van der Waals surface area contributed by atoms with Gasteiger partial charge in [0.25, 0.3) is 0 Å². The van der Waals surface area contributed by atoms with E-state index in [1.807, 2.05) is 17.0 Å². The highest BCUT2D eigenvalue weighted by Gasteiger charge is 2.49. The molecule has 1 atom stereocenters. The fourth-order valence-electron chi connectivity index (χ4n) is 4.03. The van der Waals surface area contributed by atoms with Crippen LogP contribution in [0, 0.1) is 0 Å². The van der Waals surface area contributed by atoms with Crippen LogP contribution in [0.15, 0.2) is 35.2 Å². The third kappa shape index (κ3) is 3.34. The molecule has 0 radical (unpaired) electrons. The molecular weight excluding hydrogens is 432 g/mol. The molecule has 3 heterocycles. The maximum absolute atomic E-state index is 13.0. The Kier molecular flexibility index (Phi) is 4.68. The molecule has 6 nitrogen and oxygen atoms in total. The van der Waals surface area contributed by atoms with Crippen LogP contribution >= 0.6 is 27.5 Å². The number of hydrogen-bond acceptors (Lipinski definition) is 4. The van der Waals surface area contributed by atoms with E-state index in [1.54, 1.807) is 30.3 Å². The van der Waals surface area contributed by atoms with Crippen molar-refractivity contribution in [3.8, 4) is 0 Å². The second-order valence-corrected chi connectivity index (χ2v) is 8.37. The van der Waals surface area contributed by atoms with E-state index in [9.17, 15) is 9.59 Å². The van der Waals surface area contributed by atoms with Gasteiger partial charge in [-0.15, -0.1) is 0 Å². The first kappa shape index (κ1) is 18.4. The monoisotopic (exact) mass is 448 g/mol. The third-order valence-electron chi connectivity index (χ3n) is 5.39. The fraction of sp³-hybridized carbons (Fsp3) is 0.368. The standard InChI is InChI=1S/C19H18BrClN4O2/c1-12(26)24-5-4-19(10-24)11-25(16-3-2-13(21)6-15(16)19)18(27)7-14-8-23-17(20)9-22-14/h2-3,6,8-9H,4-5,7,10-11H2,1H3. The molecule has 2 aliphatic rings. The van der Waals surface area contributed by atoms with Crippen LogP contribution in [0.1, 0.15) is 24.6 Å². The van der Waals surface area contributed by atoms with Crippen LogP contribution < -0.4 is 4.90 Å². The highest BCUT2D eigenvalue weighted by Crippen LogP contribution is 2.47. The molecule has 2 aliphatic heterocycles. The summed E-state index contributed by atoms with van der Waals surface area (Å²) in [6.45, 7) is 3.44. The van der Waals surface area contributed by atoms with Crippen LogP contribution in [-0.2, 0) is 21.4 Å². The molecule has 0 saturated carbocycles. The zero-order valence-electron chi connectivity index (χ0n) is 14.8. The van der Waals surface area contributed by atoms with Crippen molar-refractivity contribution < 1.29 is 9.59 Å². The predicted octanol–water partition coefficient (Wildman–Crippen LogP) is 2.97. The van der Waals surface area contributed by atoms with Crippen molar-refractivity contribution in [2.45, 2.75) is 25.2 Å². The molecule has 1 saturated heterocycles. The van der Waals surface area contributed by atoms with Crippen molar-refractivity contribution in [2.24, 2.45) is 0 Å². The number of benzene rings is 1. The van der Waals surface area contributed by atoms with Crippen LogP contribution in [0.3, 0.4) is 0 Å². The predicted molar refractivity (Wildman–Crippen MR) is 106 cm³/mol. The lowest BCUT2D eigenvalue weighted by Crippen LogP contribution is -2.40. The molecule has 2 aromatic rings. The maximum atomic E-state index is 13.0. The first-order valence-electron chi connectivity index (χ1n) is 8.70. The number of hydrogen-bond donors (Lipinski definition) is 0. The molecule has 8 heteroatoms. The Morgan fingerprint density at radius 2 is 2.07 bits per heavy atom. The van der Waals surface area contributed by atoms with Gasteiger partial charge in [0.1, 0.15) is 4.60 Å². The van der Waals surface area contributed by atoms with Crippen LogP contribution in [-0.4, -0.2) is 46.3 Å². The van der Waals surface area contributed by atoms with Crippen molar-refractivity contribution in [2.75, 3.05) is 24.5 Å². The minimum atomic E-state index is -0.257. The Balaban J connectivity index is 1.64. The SMILES string of the molecule is CC(=O)N1CCC2(C1)CN(C(=O)Cc1cnc(Br)cn1)c1ccc(Cl)cc12. The second kappa shape index (κ2) is 6.87. The third-order valence-corrected chi connectivity index (χ3v) is 6.03. The summed E-state index contributed by atoms with van der Waals surface area (Å²) in [5.74, 6) is 0.0266. The molecule has 1 fully saturated rings. The molecule has 140 valence electrons. The van der Waals surface area contributed by atoms with Gasteiger partial charge in [0, 0.05) is 42.7 Å². The molecule has 1 spiro atoms. The first-order valence-corrected chi connectivity index (χ1v) is 9.87. The van der Waals surface area contributed by atoms with E-state index >= 15 is 0 Å². The minimum absolute atomic E-state index is 0.0339. The molecule has 1 aromatic heterocycles. The lowest BCUT2D eigenvalue weighted by atomic mass is 9.81. The largest absolute Gasteiger partial charge is 0.342 e. The van der Waals surface area contributed by atoms with Crippen LogP contribution in [0.2, 0.25) is 5.02 Å². The number of anilines is 1. The molecule has 0 N–H and O–H groups in total. The number of carbonyl (C=O) groups is 2. The molecule has 0 aliphatic carbocycles. The van der Waals surface area contributed by atoms with E-state index < -0.39 is 0 Å². The summed E-state index contributed by atoms with van der Waals surface area (Å²) in [6, 6.07) is 5.64. The summed E-state index contributed by atoms with van der Waals surface area (Å²) in [5, 5.41) is 0.641. The van der Waals surface area contributed by atoms with Crippen molar-refractivity contribution in [3.05, 3.63) is 51.5 Å². The Morgan fingerprint density at radius 1 is 1.26 bits per heavy atom. The van der Waals surface area contributed by atoms with E-state index in [0.717, 1.165) is 17.7 Å². The normalized spacial score (nSPS) is 21.0. The van der Waals surface area contributed by atoms with Crippen molar-refractivity contribution in [1.29, 1.82) is 0 Å². The van der Waals surface area contributed by atoms with E-state index in [2.05, 4.69) is 25.9 Å². The number of aromatic nitrogens is 2. The van der Waals surface area contributed by atoms with Gasteiger partial charge in [0.15, 0.2) is 0 Å². The Bertz CT molecular complexity index is 920. The number of halogens is 2. The summed E-state index contributed by atoms with van der Waals surface area (Å²) < 4.78 is 0.633. The van der Waals surface area contributed by atoms with Gasteiger partial charge in [-0.3, -0.25) is 14.6 Å². The van der Waals surface area contributed by atoms with E-state index in [1.165, 1.54) is 0 Å². The number of amides is 2. The lowest BCUT2D eigenvalue weighted by Gasteiger charge is -2.25. The summed E-state index contributed by atoms with van der Waals surface area (Å²) in [5.41, 5.74) is 2.29. The highest BCUT2D eigenvalue weighted by atomic mass is 79.9. The topological polar surface area (TPSA) is 66.4 Å². The number of likely N-dealkylation sites (tertiary alicyclic amines) is 1. The molecule has 1 unspecified atom stereocenters. The quantitative estimate of drug-likeness (QED) is 0.707. The summed E-state index contributed by atoms with van der Waals surface area (Å²) in [7, 11) is 0. The molecule has 27 heavy (non-hydrogen) atoms. The van der Waals surface area contributed by atoms with Gasteiger partial charge in [-0.25, -0.2) is 4.98 Å². The summed E-state index contributed by atoms with van der Waals surface area (Å²) in [4.78, 5) is 36.9. The molecule has 4 rings (SSSR count). The van der Waals surface area contributed by atoms with Crippen LogP contribution in [0.4, 0.5) is 5.69 Å². The summed E-state index contributed by atoms with van der Waals surface area (Å²) in [6.07, 6.45) is 4.18. The van der Waals surface area contributed by atoms with E-state index in [0.29, 0.717) is 35.0 Å². The van der Waals surface area contributed by atoms with Crippen molar-refractivity contribution >= 4 is 45.0 Å². The second-order valence-electron chi connectivity index (χ2n) is 7.12. The first-order chi connectivity index (χ1) is 12.9. The number of fused-ring (bicyclic) bond motifs is 2. The number of rotatable bonds is 2. The van der Waals surface area contributed by atoms with E-state index in [4.69, 9.17) is 11.6 Å². The van der Waals surface area contributed by atoms with Gasteiger partial charge < -0.3 is 9.80 Å². The smallest absolute Gasteiger partial charge is 0.233 e. The molecule has 1 aromatic carbocycles. The van der Waals surface area contributed by atoms with Gasteiger partial charge in [-0.1, -0.05) is 11.6 Å². The van der Waals surface area contributed by atoms with Crippen molar-refractivity contribution in [1.82, 2.24) is 14.9 Å². The lowest BCUT2D eigenvalue weighted by molar-refractivity contribution is -0.127. The molecule has 2 amide bonds.